The van der Waals surface area contributed by atoms with Crippen LogP contribution in [0.3, 0.4) is 0 Å². The van der Waals surface area contributed by atoms with E-state index in [1.807, 2.05) is 0 Å². The van der Waals surface area contributed by atoms with E-state index in [4.69, 9.17) is 4.74 Å². The van der Waals surface area contributed by atoms with Crippen molar-refractivity contribution < 1.29 is 18.7 Å². The van der Waals surface area contributed by atoms with E-state index in [9.17, 15) is 14.0 Å². The van der Waals surface area contributed by atoms with Crippen molar-refractivity contribution in [2.24, 2.45) is 0 Å². The molecule has 0 aromatic heterocycles. The lowest BCUT2D eigenvalue weighted by molar-refractivity contribution is -0.134. The zero-order chi connectivity index (χ0) is 18.4. The number of nitrogens with zero attached hydrogens (tertiary/aromatic N) is 1. The highest BCUT2D eigenvalue weighted by molar-refractivity contribution is 5.81. The minimum absolute atomic E-state index is 0.0824. The fraction of sp³-hybridized carbons (Fsp3) is 0.300. The van der Waals surface area contributed by atoms with Gasteiger partial charge in [-0.3, -0.25) is 9.59 Å². The van der Waals surface area contributed by atoms with Crippen LogP contribution in [-0.4, -0.2) is 42.8 Å². The van der Waals surface area contributed by atoms with Crippen LogP contribution in [0, 0.1) is 5.82 Å². The van der Waals surface area contributed by atoms with Crippen LogP contribution in [0.5, 0.6) is 5.75 Å². The van der Waals surface area contributed by atoms with Gasteiger partial charge in [-0.25, -0.2) is 4.39 Å². The number of likely N-dealkylation sites (tertiary alicyclic amines) is 1. The molecule has 0 radical (unpaired) electrons. The highest BCUT2D eigenvalue weighted by Gasteiger charge is 2.23. The lowest BCUT2D eigenvalue weighted by atomic mass is 10.0. The van der Waals surface area contributed by atoms with Gasteiger partial charge in [0.05, 0.1) is 5.56 Å². The Labute approximate surface area is 151 Å². The summed E-state index contributed by atoms with van der Waals surface area (Å²) in [5, 5.41) is 3.37. The minimum Gasteiger partial charge on any atom is -0.483 e. The Morgan fingerprint density at radius 3 is 2.54 bits per heavy atom. The van der Waals surface area contributed by atoms with Gasteiger partial charge in [0.15, 0.2) is 12.9 Å². The molecule has 136 valence electrons. The van der Waals surface area contributed by atoms with Crippen molar-refractivity contribution in [1.82, 2.24) is 4.90 Å². The molecule has 26 heavy (non-hydrogen) atoms. The Bertz CT molecular complexity index is 756. The molecule has 1 amide bonds. The second-order valence-electron chi connectivity index (χ2n) is 6.25. The zero-order valence-electron chi connectivity index (χ0n) is 14.4. The Morgan fingerprint density at radius 1 is 1.15 bits per heavy atom. The molecule has 1 saturated heterocycles. The van der Waals surface area contributed by atoms with Crippen molar-refractivity contribution in [3.05, 3.63) is 59.9 Å². The van der Waals surface area contributed by atoms with Crippen LogP contribution in [0.15, 0.2) is 48.5 Å². The molecule has 2 aromatic carbocycles. The summed E-state index contributed by atoms with van der Waals surface area (Å²) in [5.41, 5.74) is 1.31. The number of halogens is 1. The predicted octanol–water partition coefficient (Wildman–Crippen LogP) is 3.12. The van der Waals surface area contributed by atoms with Crippen molar-refractivity contribution in [3.8, 4) is 5.75 Å². The molecule has 0 atom stereocenters. The van der Waals surface area contributed by atoms with E-state index in [1.54, 1.807) is 41.3 Å². The Hall–Kier alpha value is -2.89. The highest BCUT2D eigenvalue weighted by Crippen LogP contribution is 2.18. The standard InChI is InChI=1S/C20H21FN2O3/c21-16-5-7-17(8-6-16)22-18-9-11-23(12-10-18)20(25)14-26-19-4-2-1-3-15(19)13-24/h1-8,13,18,22H,9-12,14H2. The normalized spacial score (nSPS) is 14.7. The number of ether oxygens (including phenoxy) is 1. The molecule has 6 heteroatoms. The largest absolute Gasteiger partial charge is 0.483 e. The van der Waals surface area contributed by atoms with Crippen LogP contribution in [0.4, 0.5) is 10.1 Å². The van der Waals surface area contributed by atoms with Crippen molar-refractivity contribution in [1.29, 1.82) is 0 Å². The monoisotopic (exact) mass is 356 g/mol. The van der Waals surface area contributed by atoms with E-state index in [-0.39, 0.29) is 24.4 Å². The Kier molecular flexibility index (Phi) is 5.84. The number of benzene rings is 2. The van der Waals surface area contributed by atoms with Gasteiger partial charge in [-0.15, -0.1) is 0 Å². The van der Waals surface area contributed by atoms with Crippen LogP contribution in [-0.2, 0) is 4.79 Å². The second kappa shape index (κ2) is 8.47. The van der Waals surface area contributed by atoms with Crippen LogP contribution >= 0.6 is 0 Å². The fourth-order valence-electron chi connectivity index (χ4n) is 3.00. The van der Waals surface area contributed by atoms with Gasteiger partial charge in [0.2, 0.25) is 0 Å². The first-order valence-electron chi connectivity index (χ1n) is 8.62. The lowest BCUT2D eigenvalue weighted by Crippen LogP contribution is -2.44. The summed E-state index contributed by atoms with van der Waals surface area (Å²) >= 11 is 0. The molecular weight excluding hydrogens is 335 g/mol. The van der Waals surface area contributed by atoms with E-state index < -0.39 is 0 Å². The molecule has 0 unspecified atom stereocenters. The van der Waals surface area contributed by atoms with Crippen LogP contribution < -0.4 is 10.1 Å². The number of carbonyl (C=O) groups excluding carboxylic acids is 2. The number of para-hydroxylation sites is 1. The van der Waals surface area contributed by atoms with Crippen molar-refractivity contribution in [3.63, 3.8) is 0 Å². The number of rotatable bonds is 6. The summed E-state index contributed by atoms with van der Waals surface area (Å²) in [6, 6.07) is 13.4. The first kappa shape index (κ1) is 17.9. The third-order valence-corrected chi connectivity index (χ3v) is 4.46. The number of anilines is 1. The molecule has 1 aliphatic rings. The third-order valence-electron chi connectivity index (χ3n) is 4.46. The van der Waals surface area contributed by atoms with E-state index in [2.05, 4.69) is 5.32 Å². The molecule has 0 bridgehead atoms. The molecule has 1 heterocycles. The minimum atomic E-state index is -0.257. The first-order valence-corrected chi connectivity index (χ1v) is 8.62. The molecule has 3 rings (SSSR count). The smallest absolute Gasteiger partial charge is 0.260 e. The van der Waals surface area contributed by atoms with Gasteiger partial charge in [0.25, 0.3) is 5.91 Å². The average Bonchev–Trinajstić information content (AvgIpc) is 2.68. The molecule has 1 N–H and O–H groups in total. The number of aldehydes is 1. The molecule has 1 fully saturated rings. The summed E-state index contributed by atoms with van der Waals surface area (Å²) < 4.78 is 18.4. The molecular formula is C20H21FN2O3. The first-order chi connectivity index (χ1) is 12.7. The summed E-state index contributed by atoms with van der Waals surface area (Å²) in [6.45, 7) is 1.19. The summed E-state index contributed by atoms with van der Waals surface area (Å²) in [6.07, 6.45) is 2.34. The highest BCUT2D eigenvalue weighted by atomic mass is 19.1. The second-order valence-corrected chi connectivity index (χ2v) is 6.25. The quantitative estimate of drug-likeness (QED) is 0.808. The Morgan fingerprint density at radius 2 is 1.85 bits per heavy atom. The van der Waals surface area contributed by atoms with Crippen LogP contribution in [0.2, 0.25) is 0 Å². The molecule has 0 spiro atoms. The number of hydrogen-bond donors (Lipinski definition) is 1. The topological polar surface area (TPSA) is 58.6 Å². The van der Waals surface area contributed by atoms with Crippen molar-refractivity contribution in [2.45, 2.75) is 18.9 Å². The van der Waals surface area contributed by atoms with Crippen molar-refractivity contribution >= 4 is 17.9 Å². The van der Waals surface area contributed by atoms with Gasteiger partial charge in [-0.05, 0) is 49.2 Å². The third kappa shape index (κ3) is 4.59. The maximum atomic E-state index is 12.9. The number of hydrogen-bond acceptors (Lipinski definition) is 4. The van der Waals surface area contributed by atoms with Gasteiger partial charge in [-0.2, -0.15) is 0 Å². The summed E-state index contributed by atoms with van der Waals surface area (Å²) in [4.78, 5) is 25.1. The molecule has 0 saturated carbocycles. The number of carbonyl (C=O) groups is 2. The van der Waals surface area contributed by atoms with Gasteiger partial charge in [-0.1, -0.05) is 12.1 Å². The molecule has 1 aliphatic heterocycles. The zero-order valence-corrected chi connectivity index (χ0v) is 14.4. The van der Waals surface area contributed by atoms with Crippen LogP contribution in [0.1, 0.15) is 23.2 Å². The van der Waals surface area contributed by atoms with E-state index in [0.717, 1.165) is 18.5 Å². The Balaban J connectivity index is 1.46. The number of nitrogens with one attached hydrogen (secondary N) is 1. The van der Waals surface area contributed by atoms with Gasteiger partial charge < -0.3 is 15.0 Å². The number of amides is 1. The summed E-state index contributed by atoms with van der Waals surface area (Å²) in [7, 11) is 0. The molecule has 0 aliphatic carbocycles. The molecule has 5 nitrogen and oxygen atoms in total. The van der Waals surface area contributed by atoms with Gasteiger partial charge in [0.1, 0.15) is 11.6 Å². The lowest BCUT2D eigenvalue weighted by Gasteiger charge is -2.33. The van der Waals surface area contributed by atoms with E-state index in [0.29, 0.717) is 30.7 Å². The molecule has 2 aromatic rings. The average molecular weight is 356 g/mol. The van der Waals surface area contributed by atoms with E-state index >= 15 is 0 Å². The van der Waals surface area contributed by atoms with Gasteiger partial charge in [0, 0.05) is 24.8 Å². The van der Waals surface area contributed by atoms with E-state index in [1.165, 1.54) is 12.1 Å². The van der Waals surface area contributed by atoms with Gasteiger partial charge >= 0.3 is 0 Å². The van der Waals surface area contributed by atoms with Crippen molar-refractivity contribution in [2.75, 3.05) is 25.0 Å². The fourth-order valence-corrected chi connectivity index (χ4v) is 3.00. The van der Waals surface area contributed by atoms with Crippen LogP contribution in [0.25, 0.3) is 0 Å². The number of piperidine rings is 1. The summed E-state index contributed by atoms with van der Waals surface area (Å²) in [5.74, 6) is 0.0711. The predicted molar refractivity (Wildman–Crippen MR) is 96.9 cm³/mol. The SMILES string of the molecule is O=Cc1ccccc1OCC(=O)N1CCC(Nc2ccc(F)cc2)CC1. The maximum Gasteiger partial charge on any atom is 0.260 e. The maximum absolute atomic E-state index is 12.9.